The van der Waals surface area contributed by atoms with Crippen LogP contribution in [-0.4, -0.2) is 46.7 Å². The number of nitrogens with zero attached hydrogens (tertiary/aromatic N) is 2. The number of imide groups is 1. The second kappa shape index (κ2) is 7.83. The SMILES string of the molecule is CCC[C@@H]1CCCC[C@@H]1C1(C)C(=O)N(CC(=O)c2ccccc2)C(=O)N1C. The number of benzene rings is 1. The molecule has 3 rings (SSSR count). The fraction of sp³-hybridized carbons (Fsp3) is 0.591. The van der Waals surface area contributed by atoms with E-state index in [0.29, 0.717) is 11.5 Å². The maximum atomic E-state index is 13.4. The molecule has 146 valence electrons. The maximum absolute atomic E-state index is 13.4. The molecule has 27 heavy (non-hydrogen) atoms. The van der Waals surface area contributed by atoms with Crippen molar-refractivity contribution in [2.45, 2.75) is 57.9 Å². The molecule has 3 atom stereocenters. The summed E-state index contributed by atoms with van der Waals surface area (Å²) in [4.78, 5) is 41.6. The summed E-state index contributed by atoms with van der Waals surface area (Å²) in [5, 5.41) is 0. The van der Waals surface area contributed by atoms with Gasteiger partial charge in [0.2, 0.25) is 0 Å². The lowest BCUT2D eigenvalue weighted by Crippen LogP contribution is -2.54. The van der Waals surface area contributed by atoms with Crippen LogP contribution in [0.4, 0.5) is 4.79 Å². The highest BCUT2D eigenvalue weighted by atomic mass is 16.2. The van der Waals surface area contributed by atoms with Crippen LogP contribution in [-0.2, 0) is 4.79 Å². The van der Waals surface area contributed by atoms with E-state index in [4.69, 9.17) is 0 Å². The van der Waals surface area contributed by atoms with Gasteiger partial charge in [-0.05, 0) is 25.2 Å². The minimum Gasteiger partial charge on any atom is -0.313 e. The number of amides is 3. The van der Waals surface area contributed by atoms with E-state index in [-0.39, 0.29) is 30.2 Å². The summed E-state index contributed by atoms with van der Waals surface area (Å²) in [6.07, 6.45) is 6.53. The summed E-state index contributed by atoms with van der Waals surface area (Å²) in [7, 11) is 1.71. The summed E-state index contributed by atoms with van der Waals surface area (Å²) < 4.78 is 0. The molecule has 1 aromatic carbocycles. The van der Waals surface area contributed by atoms with Crippen LogP contribution >= 0.6 is 0 Å². The molecule has 1 unspecified atom stereocenters. The quantitative estimate of drug-likeness (QED) is 0.559. The number of ketones is 1. The van der Waals surface area contributed by atoms with Crippen LogP contribution in [0.5, 0.6) is 0 Å². The van der Waals surface area contributed by atoms with Crippen molar-refractivity contribution in [3.8, 4) is 0 Å². The summed E-state index contributed by atoms with van der Waals surface area (Å²) in [5.74, 6) is 0.193. The molecule has 1 aromatic rings. The topological polar surface area (TPSA) is 57.7 Å². The third-order valence-electron chi connectivity index (χ3n) is 6.58. The van der Waals surface area contributed by atoms with Crippen LogP contribution in [0, 0.1) is 11.8 Å². The molecular formula is C22H30N2O3. The Morgan fingerprint density at radius 2 is 1.81 bits per heavy atom. The molecule has 2 aliphatic rings. The predicted molar refractivity (Wildman–Crippen MR) is 104 cm³/mol. The van der Waals surface area contributed by atoms with Crippen LogP contribution in [0.2, 0.25) is 0 Å². The Hall–Kier alpha value is -2.17. The van der Waals surface area contributed by atoms with Gasteiger partial charge in [0, 0.05) is 12.6 Å². The first kappa shape index (κ1) is 19.6. The Labute approximate surface area is 161 Å². The Morgan fingerprint density at radius 3 is 2.48 bits per heavy atom. The van der Waals surface area contributed by atoms with Gasteiger partial charge in [-0.25, -0.2) is 4.79 Å². The molecule has 5 heteroatoms. The van der Waals surface area contributed by atoms with Crippen molar-refractivity contribution >= 4 is 17.7 Å². The lowest BCUT2D eigenvalue weighted by molar-refractivity contribution is -0.136. The van der Waals surface area contributed by atoms with Gasteiger partial charge in [0.25, 0.3) is 5.91 Å². The van der Waals surface area contributed by atoms with Gasteiger partial charge in [-0.1, -0.05) is 69.4 Å². The molecule has 5 nitrogen and oxygen atoms in total. The van der Waals surface area contributed by atoms with Crippen molar-refractivity contribution in [2.75, 3.05) is 13.6 Å². The Balaban J connectivity index is 1.84. The van der Waals surface area contributed by atoms with Crippen molar-refractivity contribution in [3.63, 3.8) is 0 Å². The van der Waals surface area contributed by atoms with E-state index in [0.717, 1.165) is 37.0 Å². The van der Waals surface area contributed by atoms with Gasteiger partial charge in [0.05, 0.1) is 6.54 Å². The minimum atomic E-state index is -0.853. The van der Waals surface area contributed by atoms with E-state index in [1.165, 1.54) is 6.42 Å². The number of hydrogen-bond donors (Lipinski definition) is 0. The molecule has 1 aliphatic heterocycles. The Morgan fingerprint density at radius 1 is 1.15 bits per heavy atom. The summed E-state index contributed by atoms with van der Waals surface area (Å²) >= 11 is 0. The van der Waals surface area contributed by atoms with Crippen LogP contribution < -0.4 is 0 Å². The fourth-order valence-corrected chi connectivity index (χ4v) is 4.95. The molecule has 1 aliphatic carbocycles. The van der Waals surface area contributed by atoms with Crippen LogP contribution in [0.3, 0.4) is 0 Å². The summed E-state index contributed by atoms with van der Waals surface area (Å²) in [5.41, 5.74) is -0.329. The number of urea groups is 1. The maximum Gasteiger partial charge on any atom is 0.327 e. The number of likely N-dealkylation sites (N-methyl/N-ethyl adjacent to an activating group) is 1. The van der Waals surface area contributed by atoms with Gasteiger partial charge >= 0.3 is 6.03 Å². The van der Waals surface area contributed by atoms with E-state index in [1.54, 1.807) is 36.2 Å². The molecule has 3 amide bonds. The van der Waals surface area contributed by atoms with Crippen molar-refractivity contribution in [2.24, 2.45) is 11.8 Å². The Bertz CT molecular complexity index is 716. The van der Waals surface area contributed by atoms with E-state index < -0.39 is 5.54 Å². The number of carbonyl (C=O) groups excluding carboxylic acids is 3. The minimum absolute atomic E-state index is 0.157. The average Bonchev–Trinajstić information content (AvgIpc) is 2.85. The van der Waals surface area contributed by atoms with Crippen molar-refractivity contribution in [1.29, 1.82) is 0 Å². The monoisotopic (exact) mass is 370 g/mol. The van der Waals surface area contributed by atoms with E-state index in [2.05, 4.69) is 6.92 Å². The lowest BCUT2D eigenvalue weighted by atomic mass is 9.67. The van der Waals surface area contributed by atoms with Crippen molar-refractivity contribution in [3.05, 3.63) is 35.9 Å². The first-order valence-corrected chi connectivity index (χ1v) is 10.1. The van der Waals surface area contributed by atoms with Gasteiger partial charge in [-0.2, -0.15) is 0 Å². The highest BCUT2D eigenvalue weighted by Gasteiger charge is 2.58. The zero-order chi connectivity index (χ0) is 19.6. The highest BCUT2D eigenvalue weighted by molar-refractivity contribution is 6.11. The zero-order valence-corrected chi connectivity index (χ0v) is 16.6. The Kier molecular flexibility index (Phi) is 5.68. The molecule has 0 radical (unpaired) electrons. The molecule has 1 saturated carbocycles. The largest absolute Gasteiger partial charge is 0.327 e. The molecule has 2 fully saturated rings. The summed E-state index contributed by atoms with van der Waals surface area (Å²) in [6, 6.07) is 8.49. The highest BCUT2D eigenvalue weighted by Crippen LogP contribution is 2.45. The fourth-order valence-electron chi connectivity index (χ4n) is 4.95. The van der Waals surface area contributed by atoms with Crippen LogP contribution in [0.15, 0.2) is 30.3 Å². The van der Waals surface area contributed by atoms with Crippen LogP contribution in [0.1, 0.15) is 62.7 Å². The van der Waals surface area contributed by atoms with Gasteiger partial charge in [0.15, 0.2) is 5.78 Å². The predicted octanol–water partition coefficient (Wildman–Crippen LogP) is 4.13. The first-order chi connectivity index (χ1) is 12.9. The van der Waals surface area contributed by atoms with Crippen molar-refractivity contribution < 1.29 is 14.4 Å². The van der Waals surface area contributed by atoms with E-state index in [9.17, 15) is 14.4 Å². The lowest BCUT2D eigenvalue weighted by Gasteiger charge is -2.43. The molecule has 0 N–H and O–H groups in total. The number of rotatable bonds is 6. The van der Waals surface area contributed by atoms with Crippen LogP contribution in [0.25, 0.3) is 0 Å². The second-order valence-electron chi connectivity index (χ2n) is 8.11. The van der Waals surface area contributed by atoms with Crippen molar-refractivity contribution in [1.82, 2.24) is 9.80 Å². The molecule has 0 bridgehead atoms. The summed E-state index contributed by atoms with van der Waals surface area (Å²) in [6.45, 7) is 3.88. The zero-order valence-electron chi connectivity index (χ0n) is 16.6. The first-order valence-electron chi connectivity index (χ1n) is 10.1. The number of hydrogen-bond acceptors (Lipinski definition) is 3. The molecule has 0 spiro atoms. The smallest absolute Gasteiger partial charge is 0.313 e. The third kappa shape index (κ3) is 3.40. The molecular weight excluding hydrogens is 340 g/mol. The molecule has 0 aromatic heterocycles. The van der Waals surface area contributed by atoms with Gasteiger partial charge in [-0.3, -0.25) is 14.5 Å². The van der Waals surface area contributed by atoms with Gasteiger partial charge in [0.1, 0.15) is 5.54 Å². The standard InChI is InChI=1S/C22H30N2O3/c1-4-10-16-11-8-9-14-18(16)22(2)20(26)24(21(27)23(22)3)15-19(25)17-12-6-5-7-13-17/h5-7,12-13,16,18H,4,8-11,14-15H2,1-3H3/t16-,18+,22?/m1/s1. The third-order valence-corrected chi connectivity index (χ3v) is 6.58. The van der Waals surface area contributed by atoms with Gasteiger partial charge < -0.3 is 4.90 Å². The normalized spacial score (nSPS) is 28.7. The average molecular weight is 370 g/mol. The molecule has 1 heterocycles. The molecule has 1 saturated heterocycles. The number of carbonyl (C=O) groups is 3. The van der Waals surface area contributed by atoms with E-state index in [1.807, 2.05) is 13.0 Å². The van der Waals surface area contributed by atoms with E-state index >= 15 is 0 Å². The number of Topliss-reactive ketones (excluding diaryl/α,β-unsaturated/α-hetero) is 1. The van der Waals surface area contributed by atoms with Gasteiger partial charge in [-0.15, -0.1) is 0 Å². The second-order valence-corrected chi connectivity index (χ2v) is 8.11.